The molecule has 8 nitrogen and oxygen atoms in total. The molecule has 1 amide bonds. The van der Waals surface area contributed by atoms with Crippen molar-refractivity contribution in [1.29, 1.82) is 0 Å². The number of H-pyrrole nitrogens is 1. The first-order chi connectivity index (χ1) is 12.4. The summed E-state index contributed by atoms with van der Waals surface area (Å²) in [5.74, 6) is -1.53. The number of aromatic amines is 1. The van der Waals surface area contributed by atoms with Gasteiger partial charge in [0, 0.05) is 12.8 Å². The van der Waals surface area contributed by atoms with Gasteiger partial charge in [-0.2, -0.15) is 0 Å². The van der Waals surface area contributed by atoms with Gasteiger partial charge < -0.3 is 24.5 Å². The Bertz CT molecular complexity index is 823. The molecule has 2 N–H and O–H groups in total. The topological polar surface area (TPSA) is 107 Å². The normalized spacial score (nSPS) is 10.5. The molecule has 2 aromatic heterocycles. The number of nitrogens with one attached hydrogen (secondary N) is 2. The number of amides is 1. The van der Waals surface area contributed by atoms with Gasteiger partial charge in [0.25, 0.3) is 5.91 Å². The molecule has 0 saturated carbocycles. The molecule has 0 radical (unpaired) electrons. The van der Waals surface area contributed by atoms with Gasteiger partial charge in [0.05, 0.1) is 24.8 Å². The van der Waals surface area contributed by atoms with E-state index in [-0.39, 0.29) is 24.5 Å². The molecule has 0 fully saturated rings. The predicted molar refractivity (Wildman–Crippen MR) is 96.0 cm³/mol. The van der Waals surface area contributed by atoms with Crippen LogP contribution in [0, 0.1) is 13.8 Å². The third-order valence-electron chi connectivity index (χ3n) is 3.69. The summed E-state index contributed by atoms with van der Waals surface area (Å²) in [6, 6.07) is 1.57. The van der Waals surface area contributed by atoms with Crippen molar-refractivity contribution >= 4 is 34.2 Å². The van der Waals surface area contributed by atoms with E-state index >= 15 is 0 Å². The lowest BCUT2D eigenvalue weighted by molar-refractivity contribution is 0.0386. The Morgan fingerprint density at radius 3 is 2.54 bits per heavy atom. The average molecular weight is 380 g/mol. The number of methoxy groups -OCH3 is 2. The molecule has 0 spiro atoms. The Morgan fingerprint density at radius 1 is 1.15 bits per heavy atom. The third kappa shape index (κ3) is 4.12. The minimum absolute atomic E-state index is 0.124. The largest absolute Gasteiger partial charge is 0.465 e. The zero-order valence-corrected chi connectivity index (χ0v) is 15.7. The Morgan fingerprint density at radius 2 is 1.88 bits per heavy atom. The van der Waals surface area contributed by atoms with Crippen LogP contribution in [0.1, 0.15) is 42.5 Å². The summed E-state index contributed by atoms with van der Waals surface area (Å²) < 4.78 is 14.6. The molecule has 0 aliphatic carbocycles. The lowest BCUT2D eigenvalue weighted by Crippen LogP contribution is -2.16. The van der Waals surface area contributed by atoms with Crippen molar-refractivity contribution in [3.63, 3.8) is 0 Å². The Hall–Kier alpha value is -2.65. The zero-order valence-electron chi connectivity index (χ0n) is 14.9. The quantitative estimate of drug-likeness (QED) is 0.565. The van der Waals surface area contributed by atoms with Gasteiger partial charge >= 0.3 is 11.9 Å². The van der Waals surface area contributed by atoms with Gasteiger partial charge in [-0.3, -0.25) is 4.79 Å². The van der Waals surface area contributed by atoms with Crippen LogP contribution in [0.25, 0.3) is 0 Å². The van der Waals surface area contributed by atoms with E-state index in [2.05, 4.69) is 15.0 Å². The fourth-order valence-electron chi connectivity index (χ4n) is 2.42. The van der Waals surface area contributed by atoms with Gasteiger partial charge in [0.2, 0.25) is 0 Å². The smallest absolute Gasteiger partial charge is 0.340 e. The Labute approximate surface area is 154 Å². The van der Waals surface area contributed by atoms with E-state index < -0.39 is 17.8 Å². The molecular weight excluding hydrogens is 360 g/mol. The molecule has 0 aliphatic rings. The first-order valence-corrected chi connectivity index (χ1v) is 8.61. The van der Waals surface area contributed by atoms with Crippen LogP contribution >= 0.6 is 11.3 Å². The van der Waals surface area contributed by atoms with E-state index in [1.54, 1.807) is 25.3 Å². The summed E-state index contributed by atoms with van der Waals surface area (Å²) in [7, 11) is 2.78. The zero-order chi connectivity index (χ0) is 19.3. The molecule has 2 rings (SSSR count). The molecule has 2 heterocycles. The Kier molecular flexibility index (Phi) is 6.53. The fourth-order valence-corrected chi connectivity index (χ4v) is 3.19. The summed E-state index contributed by atoms with van der Waals surface area (Å²) in [5, 5.41) is 4.72. The molecule has 0 aromatic carbocycles. The highest BCUT2D eigenvalue weighted by Gasteiger charge is 2.24. The fraction of sp³-hybridized carbons (Fsp3) is 0.353. The maximum absolute atomic E-state index is 12.6. The second-order valence-corrected chi connectivity index (χ2v) is 6.28. The van der Waals surface area contributed by atoms with Crippen LogP contribution < -0.4 is 5.32 Å². The van der Waals surface area contributed by atoms with E-state index in [0.717, 1.165) is 0 Å². The highest BCUT2D eigenvalue weighted by Crippen LogP contribution is 2.26. The number of carbonyl (C=O) groups is 3. The minimum Gasteiger partial charge on any atom is -0.465 e. The second kappa shape index (κ2) is 8.63. The summed E-state index contributed by atoms with van der Waals surface area (Å²) >= 11 is 1.20. The number of thiophene rings is 1. The first-order valence-electron chi connectivity index (χ1n) is 7.73. The van der Waals surface area contributed by atoms with Gasteiger partial charge in [0.1, 0.15) is 17.3 Å². The SMILES string of the molecule is COCCOC(=O)c1c(C)[nH]c(C(=O)Nc2sccc2C(=O)OC)c1C. The lowest BCUT2D eigenvalue weighted by Gasteiger charge is -2.06. The number of rotatable bonds is 7. The van der Waals surface area contributed by atoms with Crippen molar-refractivity contribution in [2.75, 3.05) is 32.8 Å². The number of carbonyl (C=O) groups excluding carboxylic acids is 3. The molecule has 9 heteroatoms. The number of hydrogen-bond acceptors (Lipinski definition) is 7. The molecule has 0 saturated heterocycles. The van der Waals surface area contributed by atoms with E-state index in [1.165, 1.54) is 25.6 Å². The molecular formula is C17H20N2O6S. The third-order valence-corrected chi connectivity index (χ3v) is 4.52. The molecule has 2 aromatic rings. The van der Waals surface area contributed by atoms with E-state index in [4.69, 9.17) is 9.47 Å². The van der Waals surface area contributed by atoms with Crippen LogP contribution in [-0.4, -0.2) is 50.3 Å². The van der Waals surface area contributed by atoms with E-state index in [9.17, 15) is 14.4 Å². The van der Waals surface area contributed by atoms with Crippen LogP contribution in [0.4, 0.5) is 5.00 Å². The van der Waals surface area contributed by atoms with Crippen LogP contribution in [0.3, 0.4) is 0 Å². The summed E-state index contributed by atoms with van der Waals surface area (Å²) in [5.41, 5.74) is 1.80. The predicted octanol–water partition coefficient (Wildman–Crippen LogP) is 2.54. The molecule has 0 unspecified atom stereocenters. The van der Waals surface area contributed by atoms with Gasteiger partial charge in [-0.25, -0.2) is 9.59 Å². The number of hydrogen-bond donors (Lipinski definition) is 2. The molecule has 140 valence electrons. The van der Waals surface area contributed by atoms with Crippen molar-refractivity contribution in [3.8, 4) is 0 Å². The molecule has 0 aliphatic heterocycles. The second-order valence-electron chi connectivity index (χ2n) is 5.36. The molecule has 26 heavy (non-hydrogen) atoms. The standard InChI is InChI=1S/C17H20N2O6S/c1-9-12(17(22)25-7-6-23-3)10(2)18-13(9)14(20)19-15-11(5-8-26-15)16(21)24-4/h5,8,18H,6-7H2,1-4H3,(H,19,20). The summed E-state index contributed by atoms with van der Waals surface area (Å²) in [6.45, 7) is 3.75. The van der Waals surface area contributed by atoms with Crippen molar-refractivity contribution in [1.82, 2.24) is 4.98 Å². The van der Waals surface area contributed by atoms with Gasteiger partial charge in [-0.1, -0.05) is 0 Å². The molecule has 0 atom stereocenters. The number of aryl methyl sites for hydroxylation is 1. The number of anilines is 1. The average Bonchev–Trinajstić information content (AvgIpc) is 3.18. The molecule has 0 bridgehead atoms. The van der Waals surface area contributed by atoms with Gasteiger partial charge in [0.15, 0.2) is 0 Å². The number of esters is 2. The van der Waals surface area contributed by atoms with Crippen LogP contribution in [0.15, 0.2) is 11.4 Å². The maximum Gasteiger partial charge on any atom is 0.340 e. The van der Waals surface area contributed by atoms with Crippen molar-refractivity contribution in [3.05, 3.63) is 39.5 Å². The Balaban J connectivity index is 2.20. The number of aromatic nitrogens is 1. The summed E-state index contributed by atoms with van der Waals surface area (Å²) in [4.78, 5) is 39.4. The van der Waals surface area contributed by atoms with Crippen LogP contribution in [-0.2, 0) is 14.2 Å². The van der Waals surface area contributed by atoms with Crippen LogP contribution in [0.2, 0.25) is 0 Å². The summed E-state index contributed by atoms with van der Waals surface area (Å²) in [6.07, 6.45) is 0. The van der Waals surface area contributed by atoms with Gasteiger partial charge in [-0.15, -0.1) is 11.3 Å². The van der Waals surface area contributed by atoms with E-state index in [1.807, 2.05) is 0 Å². The van der Waals surface area contributed by atoms with Gasteiger partial charge in [-0.05, 0) is 30.9 Å². The van der Waals surface area contributed by atoms with Crippen LogP contribution in [0.5, 0.6) is 0 Å². The highest BCUT2D eigenvalue weighted by atomic mass is 32.1. The van der Waals surface area contributed by atoms with Crippen molar-refractivity contribution in [2.45, 2.75) is 13.8 Å². The monoisotopic (exact) mass is 380 g/mol. The number of ether oxygens (including phenoxy) is 3. The van der Waals surface area contributed by atoms with E-state index in [0.29, 0.717) is 21.8 Å². The first kappa shape index (κ1) is 19.7. The maximum atomic E-state index is 12.6. The van der Waals surface area contributed by atoms with Crippen molar-refractivity contribution in [2.24, 2.45) is 0 Å². The highest BCUT2D eigenvalue weighted by molar-refractivity contribution is 7.14. The lowest BCUT2D eigenvalue weighted by atomic mass is 10.1. The minimum atomic E-state index is -0.539. The van der Waals surface area contributed by atoms with Crippen molar-refractivity contribution < 1.29 is 28.6 Å².